The monoisotopic (exact) mass is 470 g/mol. The van der Waals surface area contributed by atoms with Crippen LogP contribution in [-0.2, 0) is 20.4 Å². The summed E-state index contributed by atoms with van der Waals surface area (Å²) in [6.45, 7) is -0.0510. The highest BCUT2D eigenvalue weighted by molar-refractivity contribution is 7.92. The molecule has 2 aromatic carbocycles. The molecule has 1 aliphatic rings. The number of carbonyl (C=O) groups is 3. The molecule has 0 bridgehead atoms. The highest BCUT2D eigenvalue weighted by Gasteiger charge is 2.43. The Labute approximate surface area is 180 Å². The zero-order valence-electron chi connectivity index (χ0n) is 16.4. The maximum absolute atomic E-state index is 12.7. The predicted molar refractivity (Wildman–Crippen MR) is 106 cm³/mol. The first-order valence-corrected chi connectivity index (χ1v) is 10.5. The molecule has 32 heavy (non-hydrogen) atoms. The van der Waals surface area contributed by atoms with Gasteiger partial charge in [-0.2, -0.15) is 13.2 Å². The number of hydrogen-bond acceptors (Lipinski definition) is 5. The number of sulfonamides is 1. The molecule has 2 aromatic rings. The van der Waals surface area contributed by atoms with Crippen LogP contribution in [0.5, 0.6) is 0 Å². The molecule has 1 saturated heterocycles. The maximum Gasteiger partial charge on any atom is 0.405 e. The number of carbonyl (C=O) groups excluding carboxylic acids is 3. The largest absolute Gasteiger partial charge is 0.405 e. The smallest absolute Gasteiger partial charge is 0.343 e. The van der Waals surface area contributed by atoms with Crippen molar-refractivity contribution in [2.75, 3.05) is 11.3 Å². The van der Waals surface area contributed by atoms with E-state index in [1.807, 2.05) is 0 Å². The number of alkyl halides is 3. The van der Waals surface area contributed by atoms with E-state index < -0.39 is 46.1 Å². The van der Waals surface area contributed by atoms with Crippen molar-refractivity contribution in [3.63, 3.8) is 0 Å². The fraction of sp³-hybridized carbons (Fsp3) is 0.211. The average molecular weight is 470 g/mol. The number of rotatable bonds is 6. The zero-order chi connectivity index (χ0) is 23.7. The molecule has 0 spiro atoms. The number of halogens is 3. The van der Waals surface area contributed by atoms with Gasteiger partial charge in [-0.25, -0.2) is 13.2 Å². The van der Waals surface area contributed by atoms with Gasteiger partial charge in [0.05, 0.1) is 4.90 Å². The Morgan fingerprint density at radius 1 is 1.09 bits per heavy atom. The van der Waals surface area contributed by atoms with Gasteiger partial charge in [-0.1, -0.05) is 12.1 Å². The number of urea groups is 1. The van der Waals surface area contributed by atoms with Crippen LogP contribution in [0.2, 0.25) is 0 Å². The van der Waals surface area contributed by atoms with E-state index in [9.17, 15) is 36.0 Å². The Balaban J connectivity index is 1.76. The van der Waals surface area contributed by atoms with E-state index in [0.29, 0.717) is 5.56 Å². The van der Waals surface area contributed by atoms with E-state index in [-0.39, 0.29) is 16.1 Å². The van der Waals surface area contributed by atoms with Gasteiger partial charge >= 0.3 is 12.2 Å². The molecule has 4 N–H and O–H groups in total. The summed E-state index contributed by atoms with van der Waals surface area (Å²) in [6, 6.07) is 9.46. The molecular weight excluding hydrogens is 453 g/mol. The number of benzene rings is 2. The van der Waals surface area contributed by atoms with Crippen molar-refractivity contribution >= 4 is 33.6 Å². The van der Waals surface area contributed by atoms with Crippen molar-refractivity contribution in [2.45, 2.75) is 23.5 Å². The molecule has 3 rings (SSSR count). The van der Waals surface area contributed by atoms with E-state index in [0.717, 1.165) is 24.3 Å². The topological polar surface area (TPSA) is 133 Å². The Kier molecular flexibility index (Phi) is 5.87. The second-order valence-corrected chi connectivity index (χ2v) is 8.72. The van der Waals surface area contributed by atoms with Crippen LogP contribution in [0, 0.1) is 0 Å². The number of imide groups is 1. The van der Waals surface area contributed by atoms with Crippen molar-refractivity contribution in [1.29, 1.82) is 0 Å². The molecule has 0 aromatic heterocycles. The van der Waals surface area contributed by atoms with Gasteiger partial charge in [0, 0.05) is 11.3 Å². The first-order chi connectivity index (χ1) is 14.8. The third-order valence-electron chi connectivity index (χ3n) is 4.61. The van der Waals surface area contributed by atoms with E-state index in [4.69, 9.17) is 0 Å². The lowest BCUT2D eigenvalue weighted by molar-refractivity contribution is -0.124. The van der Waals surface area contributed by atoms with Crippen LogP contribution < -0.4 is 20.7 Å². The molecule has 1 aliphatic heterocycles. The fourth-order valence-corrected chi connectivity index (χ4v) is 3.97. The normalized spacial score (nSPS) is 18.6. The van der Waals surface area contributed by atoms with Crippen molar-refractivity contribution in [3.8, 4) is 0 Å². The Morgan fingerprint density at radius 3 is 2.31 bits per heavy atom. The summed E-state index contributed by atoms with van der Waals surface area (Å²) < 4.78 is 64.2. The van der Waals surface area contributed by atoms with Crippen molar-refractivity contribution < 1.29 is 36.0 Å². The predicted octanol–water partition coefficient (Wildman–Crippen LogP) is 1.83. The maximum atomic E-state index is 12.7. The van der Waals surface area contributed by atoms with E-state index in [1.165, 1.54) is 31.2 Å². The number of anilines is 1. The molecule has 1 unspecified atom stereocenters. The minimum atomic E-state index is -4.57. The molecule has 1 heterocycles. The number of hydrogen-bond donors (Lipinski definition) is 4. The first-order valence-electron chi connectivity index (χ1n) is 9.02. The summed E-state index contributed by atoms with van der Waals surface area (Å²) in [7, 11) is -4.13. The van der Waals surface area contributed by atoms with Crippen LogP contribution in [0.4, 0.5) is 23.7 Å². The zero-order valence-corrected chi connectivity index (χ0v) is 17.2. The number of amides is 4. The molecule has 1 atom stereocenters. The van der Waals surface area contributed by atoms with Gasteiger partial charge in [-0.3, -0.25) is 19.6 Å². The SMILES string of the molecule is CC1(c2cccc(NS(=O)(=O)c3ccc(C(=O)NCC(F)(F)F)cc3)c2)NC(=O)NC1=O. The summed E-state index contributed by atoms with van der Waals surface area (Å²) in [5.41, 5.74) is -1.10. The Bertz CT molecular complexity index is 1180. The molecular formula is C19H17F3N4O5S. The molecule has 0 aliphatic carbocycles. The number of nitrogens with one attached hydrogen (secondary N) is 4. The second kappa shape index (κ2) is 8.15. The van der Waals surface area contributed by atoms with Crippen LogP contribution in [0.25, 0.3) is 0 Å². The van der Waals surface area contributed by atoms with Gasteiger partial charge in [-0.15, -0.1) is 0 Å². The van der Waals surface area contributed by atoms with Crippen LogP contribution in [0.3, 0.4) is 0 Å². The summed E-state index contributed by atoms with van der Waals surface area (Å²) >= 11 is 0. The Morgan fingerprint density at radius 2 is 1.75 bits per heavy atom. The standard InChI is InChI=1S/C19H17F3N4O5S/c1-18(16(28)24-17(29)25-18)12-3-2-4-13(9-12)26-32(30,31)14-7-5-11(6-8-14)15(27)23-10-19(20,21)22/h2-9,26H,10H2,1H3,(H,23,27)(H2,24,25,28,29). The summed E-state index contributed by atoms with van der Waals surface area (Å²) in [4.78, 5) is 35.1. The van der Waals surface area contributed by atoms with Gasteiger partial charge in [0.1, 0.15) is 12.1 Å². The highest BCUT2D eigenvalue weighted by Crippen LogP contribution is 2.27. The molecule has 13 heteroatoms. The van der Waals surface area contributed by atoms with Crippen LogP contribution in [0.15, 0.2) is 53.4 Å². The lowest BCUT2D eigenvalue weighted by atomic mass is 9.92. The van der Waals surface area contributed by atoms with Crippen molar-refractivity contribution in [3.05, 3.63) is 59.7 Å². The van der Waals surface area contributed by atoms with E-state index in [1.54, 1.807) is 5.32 Å². The molecule has 170 valence electrons. The first kappa shape index (κ1) is 23.1. The fourth-order valence-electron chi connectivity index (χ4n) is 2.92. The molecule has 9 nitrogen and oxygen atoms in total. The third kappa shape index (κ3) is 4.99. The summed E-state index contributed by atoms with van der Waals surface area (Å²) in [5.74, 6) is -1.60. The third-order valence-corrected chi connectivity index (χ3v) is 6.01. The minimum Gasteiger partial charge on any atom is -0.343 e. The molecule has 1 fully saturated rings. The Hall–Kier alpha value is -3.61. The van der Waals surface area contributed by atoms with Crippen LogP contribution >= 0.6 is 0 Å². The lowest BCUT2D eigenvalue weighted by Crippen LogP contribution is -2.40. The van der Waals surface area contributed by atoms with E-state index in [2.05, 4.69) is 15.4 Å². The van der Waals surface area contributed by atoms with Crippen molar-refractivity contribution in [2.24, 2.45) is 0 Å². The van der Waals surface area contributed by atoms with Gasteiger partial charge < -0.3 is 10.6 Å². The molecule has 0 saturated carbocycles. The lowest BCUT2D eigenvalue weighted by Gasteiger charge is -2.21. The van der Waals surface area contributed by atoms with Gasteiger partial charge in [0.15, 0.2) is 0 Å². The van der Waals surface area contributed by atoms with E-state index >= 15 is 0 Å². The van der Waals surface area contributed by atoms with Crippen LogP contribution in [0.1, 0.15) is 22.8 Å². The second-order valence-electron chi connectivity index (χ2n) is 7.04. The van der Waals surface area contributed by atoms with Crippen molar-refractivity contribution in [1.82, 2.24) is 16.0 Å². The highest BCUT2D eigenvalue weighted by atomic mass is 32.2. The van der Waals surface area contributed by atoms with Gasteiger partial charge in [0.2, 0.25) is 0 Å². The van der Waals surface area contributed by atoms with Gasteiger partial charge in [-0.05, 0) is 48.9 Å². The summed E-state index contributed by atoms with van der Waals surface area (Å²) in [6.07, 6.45) is -4.57. The van der Waals surface area contributed by atoms with Crippen LogP contribution in [-0.4, -0.2) is 39.0 Å². The molecule has 0 radical (unpaired) electrons. The minimum absolute atomic E-state index is 0.102. The quantitative estimate of drug-likeness (QED) is 0.478. The molecule has 4 amide bonds. The van der Waals surface area contributed by atoms with Gasteiger partial charge in [0.25, 0.3) is 21.8 Å². The average Bonchev–Trinajstić information content (AvgIpc) is 2.98. The summed E-state index contributed by atoms with van der Waals surface area (Å²) in [5, 5.41) is 6.27.